The van der Waals surface area contributed by atoms with Gasteiger partial charge in [-0.05, 0) is 38.2 Å². The second kappa shape index (κ2) is 6.66. The molecule has 1 aromatic rings. The van der Waals surface area contributed by atoms with Crippen molar-refractivity contribution >= 4 is 17.5 Å². The zero-order valence-corrected chi connectivity index (χ0v) is 11.3. The van der Waals surface area contributed by atoms with Gasteiger partial charge >= 0.3 is 0 Å². The van der Waals surface area contributed by atoms with E-state index in [1.807, 2.05) is 0 Å². The molecule has 1 aromatic heterocycles. The van der Waals surface area contributed by atoms with Gasteiger partial charge in [0.05, 0.1) is 11.8 Å². The van der Waals surface area contributed by atoms with E-state index >= 15 is 0 Å². The third kappa shape index (κ3) is 4.03. The number of halogens is 2. The molecule has 0 bridgehead atoms. The van der Waals surface area contributed by atoms with E-state index in [4.69, 9.17) is 11.6 Å². The second-order valence-electron chi connectivity index (χ2n) is 4.61. The molecule has 1 heterocycles. The summed E-state index contributed by atoms with van der Waals surface area (Å²) in [5, 5.41) is 2.77. The molecule has 0 saturated carbocycles. The molecule has 2 rings (SSSR count). The van der Waals surface area contributed by atoms with Crippen LogP contribution in [0.4, 0.5) is 4.39 Å². The normalized spacial score (nSPS) is 14.9. The highest BCUT2D eigenvalue weighted by atomic mass is 35.5. The largest absolute Gasteiger partial charge is 0.352 e. The summed E-state index contributed by atoms with van der Waals surface area (Å²) in [6, 6.07) is 1.10. The Labute approximate surface area is 116 Å². The SMILES string of the molecule is O=C(NCCC1=CCCCC1)c1cc(F)cnc1Cl. The van der Waals surface area contributed by atoms with Crippen molar-refractivity contribution in [3.05, 3.63) is 40.4 Å². The Balaban J connectivity index is 1.87. The van der Waals surface area contributed by atoms with Gasteiger partial charge in [0.15, 0.2) is 0 Å². The molecule has 3 nitrogen and oxygen atoms in total. The molecule has 0 unspecified atom stereocenters. The molecule has 0 fully saturated rings. The number of carbonyl (C=O) groups excluding carboxylic acids is 1. The summed E-state index contributed by atoms with van der Waals surface area (Å²) in [6.45, 7) is 0.539. The molecule has 0 aliphatic heterocycles. The number of nitrogens with zero attached hydrogens (tertiary/aromatic N) is 1. The van der Waals surface area contributed by atoms with Gasteiger partial charge in [0.1, 0.15) is 11.0 Å². The Bertz CT molecular complexity index is 502. The maximum Gasteiger partial charge on any atom is 0.254 e. The van der Waals surface area contributed by atoms with Crippen molar-refractivity contribution in [1.82, 2.24) is 10.3 Å². The summed E-state index contributed by atoms with van der Waals surface area (Å²) in [4.78, 5) is 15.5. The minimum absolute atomic E-state index is 0.0239. The second-order valence-corrected chi connectivity index (χ2v) is 4.96. The number of carbonyl (C=O) groups is 1. The Morgan fingerprint density at radius 3 is 3.05 bits per heavy atom. The first-order valence-electron chi connectivity index (χ1n) is 6.44. The third-order valence-corrected chi connectivity index (χ3v) is 3.47. The zero-order chi connectivity index (χ0) is 13.7. The molecule has 1 N–H and O–H groups in total. The van der Waals surface area contributed by atoms with Gasteiger partial charge in [-0.15, -0.1) is 0 Å². The van der Waals surface area contributed by atoms with Crippen LogP contribution in [0.1, 0.15) is 42.5 Å². The van der Waals surface area contributed by atoms with E-state index in [9.17, 15) is 9.18 Å². The molecular formula is C14H16ClFN2O. The van der Waals surface area contributed by atoms with Gasteiger partial charge in [-0.2, -0.15) is 0 Å². The summed E-state index contributed by atoms with van der Waals surface area (Å²) in [6.07, 6.45) is 8.78. The predicted octanol–water partition coefficient (Wildman–Crippen LogP) is 3.49. The molecule has 0 saturated heterocycles. The molecule has 5 heteroatoms. The highest BCUT2D eigenvalue weighted by molar-refractivity contribution is 6.32. The van der Waals surface area contributed by atoms with Crippen LogP contribution >= 0.6 is 11.6 Å². The van der Waals surface area contributed by atoms with Crippen molar-refractivity contribution in [3.63, 3.8) is 0 Å². The molecule has 1 aliphatic rings. The maximum absolute atomic E-state index is 13.0. The van der Waals surface area contributed by atoms with Crippen LogP contribution in [0.3, 0.4) is 0 Å². The summed E-state index contributed by atoms with van der Waals surface area (Å²) >= 11 is 5.77. The van der Waals surface area contributed by atoms with Crippen LogP contribution in [0.25, 0.3) is 0 Å². The average molecular weight is 283 g/mol. The van der Waals surface area contributed by atoms with Gasteiger partial charge in [0.2, 0.25) is 0 Å². The van der Waals surface area contributed by atoms with Gasteiger partial charge in [-0.1, -0.05) is 23.3 Å². The topological polar surface area (TPSA) is 42.0 Å². The molecule has 1 amide bonds. The lowest BCUT2D eigenvalue weighted by atomic mass is 9.97. The van der Waals surface area contributed by atoms with Crippen LogP contribution in [0.2, 0.25) is 5.15 Å². The van der Waals surface area contributed by atoms with E-state index in [0.29, 0.717) is 6.54 Å². The van der Waals surface area contributed by atoms with Gasteiger partial charge in [-0.25, -0.2) is 9.37 Å². The fourth-order valence-electron chi connectivity index (χ4n) is 2.15. The number of aromatic nitrogens is 1. The van der Waals surface area contributed by atoms with Crippen molar-refractivity contribution in [2.45, 2.75) is 32.1 Å². The number of hydrogen-bond donors (Lipinski definition) is 1. The summed E-state index contributed by atoms with van der Waals surface area (Å²) < 4.78 is 13.0. The van der Waals surface area contributed by atoms with E-state index in [2.05, 4.69) is 16.4 Å². The monoisotopic (exact) mass is 282 g/mol. The first kappa shape index (κ1) is 14.0. The lowest BCUT2D eigenvalue weighted by Crippen LogP contribution is -2.25. The van der Waals surface area contributed by atoms with Gasteiger partial charge in [-0.3, -0.25) is 4.79 Å². The average Bonchev–Trinajstić information content (AvgIpc) is 2.42. The van der Waals surface area contributed by atoms with Crippen LogP contribution in [0, 0.1) is 5.82 Å². The lowest BCUT2D eigenvalue weighted by Gasteiger charge is -2.13. The van der Waals surface area contributed by atoms with E-state index < -0.39 is 5.82 Å². The van der Waals surface area contributed by atoms with E-state index in [1.165, 1.54) is 18.4 Å². The smallest absolute Gasteiger partial charge is 0.254 e. The van der Waals surface area contributed by atoms with Crippen molar-refractivity contribution in [2.75, 3.05) is 6.54 Å². The standard InChI is InChI=1S/C14H16ClFN2O/c15-13-12(8-11(16)9-18-13)14(19)17-7-6-10-4-2-1-3-5-10/h4,8-9H,1-3,5-7H2,(H,17,19). The first-order chi connectivity index (χ1) is 9.16. The summed E-state index contributed by atoms with van der Waals surface area (Å²) in [5.41, 5.74) is 1.47. The highest BCUT2D eigenvalue weighted by Gasteiger charge is 2.12. The number of rotatable bonds is 4. The fourth-order valence-corrected chi connectivity index (χ4v) is 2.33. The van der Waals surface area contributed by atoms with Gasteiger partial charge in [0.25, 0.3) is 5.91 Å². The Morgan fingerprint density at radius 1 is 1.47 bits per heavy atom. The Morgan fingerprint density at radius 2 is 2.32 bits per heavy atom. The third-order valence-electron chi connectivity index (χ3n) is 3.17. The molecular weight excluding hydrogens is 267 g/mol. The van der Waals surface area contributed by atoms with Crippen LogP contribution in [0.5, 0.6) is 0 Å². The van der Waals surface area contributed by atoms with Gasteiger partial charge < -0.3 is 5.32 Å². The van der Waals surface area contributed by atoms with E-state index in [0.717, 1.165) is 31.5 Å². The highest BCUT2D eigenvalue weighted by Crippen LogP contribution is 2.19. The predicted molar refractivity (Wildman–Crippen MR) is 72.7 cm³/mol. The molecule has 19 heavy (non-hydrogen) atoms. The van der Waals surface area contributed by atoms with Crippen LogP contribution in [0.15, 0.2) is 23.9 Å². The van der Waals surface area contributed by atoms with Crippen LogP contribution in [-0.4, -0.2) is 17.4 Å². The number of amides is 1. The summed E-state index contributed by atoms with van der Waals surface area (Å²) in [5.74, 6) is -0.946. The van der Waals surface area contributed by atoms with E-state index in [-0.39, 0.29) is 16.6 Å². The molecule has 0 radical (unpaired) electrons. The van der Waals surface area contributed by atoms with Crippen molar-refractivity contribution in [1.29, 1.82) is 0 Å². The Hall–Kier alpha value is -1.42. The fraction of sp³-hybridized carbons (Fsp3) is 0.429. The number of hydrogen-bond acceptors (Lipinski definition) is 2. The van der Waals surface area contributed by atoms with Crippen molar-refractivity contribution < 1.29 is 9.18 Å². The number of pyridine rings is 1. The molecule has 0 aromatic carbocycles. The van der Waals surface area contributed by atoms with Crippen molar-refractivity contribution in [3.8, 4) is 0 Å². The van der Waals surface area contributed by atoms with Crippen LogP contribution in [-0.2, 0) is 0 Å². The number of nitrogens with one attached hydrogen (secondary N) is 1. The first-order valence-corrected chi connectivity index (χ1v) is 6.82. The quantitative estimate of drug-likeness (QED) is 0.678. The minimum Gasteiger partial charge on any atom is -0.352 e. The molecule has 0 spiro atoms. The van der Waals surface area contributed by atoms with E-state index in [1.54, 1.807) is 0 Å². The Kier molecular flexibility index (Phi) is 4.91. The molecule has 1 aliphatic carbocycles. The lowest BCUT2D eigenvalue weighted by molar-refractivity contribution is 0.0953. The van der Waals surface area contributed by atoms with Crippen molar-refractivity contribution in [2.24, 2.45) is 0 Å². The molecule has 0 atom stereocenters. The zero-order valence-electron chi connectivity index (χ0n) is 10.6. The maximum atomic E-state index is 13.0. The van der Waals surface area contributed by atoms with Gasteiger partial charge in [0, 0.05) is 6.54 Å². The summed E-state index contributed by atoms with van der Waals surface area (Å²) in [7, 11) is 0. The van der Waals surface area contributed by atoms with Crippen LogP contribution < -0.4 is 5.32 Å². The number of allylic oxidation sites excluding steroid dienone is 1. The minimum atomic E-state index is -0.565. The molecule has 102 valence electrons.